The summed E-state index contributed by atoms with van der Waals surface area (Å²) < 4.78 is 5.02. The first-order valence-corrected chi connectivity index (χ1v) is 8.51. The number of methoxy groups -OCH3 is 1. The molecule has 0 spiro atoms. The number of aromatic nitrogens is 2. The van der Waals surface area contributed by atoms with Crippen LogP contribution in [0.1, 0.15) is 19.3 Å². The van der Waals surface area contributed by atoms with E-state index in [1.54, 1.807) is 13.3 Å². The molecule has 1 fully saturated rings. The van der Waals surface area contributed by atoms with Gasteiger partial charge in [-0.2, -0.15) is 5.10 Å². The van der Waals surface area contributed by atoms with Gasteiger partial charge in [0.1, 0.15) is 0 Å². The zero-order valence-corrected chi connectivity index (χ0v) is 14.1. The molecule has 0 atom stereocenters. The fourth-order valence-corrected chi connectivity index (χ4v) is 3.09. The number of piperazine rings is 1. The first kappa shape index (κ1) is 16.6. The van der Waals surface area contributed by atoms with Gasteiger partial charge in [-0.15, -0.1) is 5.10 Å². The molecule has 24 heavy (non-hydrogen) atoms. The van der Waals surface area contributed by atoms with E-state index in [2.05, 4.69) is 21.2 Å². The minimum absolute atomic E-state index is 0.245. The third-order valence-electron chi connectivity index (χ3n) is 4.47. The van der Waals surface area contributed by atoms with Crippen LogP contribution in [0.25, 0.3) is 10.8 Å². The van der Waals surface area contributed by atoms with E-state index in [1.807, 2.05) is 23.1 Å². The van der Waals surface area contributed by atoms with Crippen molar-refractivity contribution in [3.63, 3.8) is 0 Å². The molecule has 0 N–H and O–H groups in total. The van der Waals surface area contributed by atoms with Crippen molar-refractivity contribution < 1.29 is 9.53 Å². The zero-order chi connectivity index (χ0) is 16.8. The molecule has 1 saturated heterocycles. The molecule has 0 unspecified atom stereocenters. The van der Waals surface area contributed by atoms with Crippen LogP contribution in [0, 0.1) is 0 Å². The Bertz CT molecular complexity index is 678. The van der Waals surface area contributed by atoms with Gasteiger partial charge in [-0.25, -0.2) is 0 Å². The van der Waals surface area contributed by atoms with Crippen molar-refractivity contribution >= 4 is 22.5 Å². The second-order valence-electron chi connectivity index (χ2n) is 6.07. The maximum Gasteiger partial charge on any atom is 0.222 e. The van der Waals surface area contributed by atoms with Crippen molar-refractivity contribution in [2.75, 3.05) is 44.8 Å². The molecule has 0 aliphatic carbocycles. The van der Waals surface area contributed by atoms with Crippen molar-refractivity contribution in [2.45, 2.75) is 19.3 Å². The van der Waals surface area contributed by atoms with E-state index >= 15 is 0 Å². The second-order valence-corrected chi connectivity index (χ2v) is 6.07. The number of carbonyl (C=O) groups excluding carboxylic acids is 1. The number of anilines is 1. The highest BCUT2D eigenvalue weighted by molar-refractivity contribution is 5.91. The lowest BCUT2D eigenvalue weighted by Crippen LogP contribution is -2.49. The smallest absolute Gasteiger partial charge is 0.222 e. The first-order chi connectivity index (χ1) is 11.8. The summed E-state index contributed by atoms with van der Waals surface area (Å²) in [5.41, 5.74) is 0. The molecule has 0 saturated carbocycles. The topological polar surface area (TPSA) is 58.6 Å². The van der Waals surface area contributed by atoms with Crippen LogP contribution in [0.5, 0.6) is 0 Å². The zero-order valence-electron chi connectivity index (χ0n) is 14.1. The minimum Gasteiger partial charge on any atom is -0.385 e. The van der Waals surface area contributed by atoms with Crippen LogP contribution in [-0.2, 0) is 9.53 Å². The molecule has 0 bridgehead atoms. The lowest BCUT2D eigenvalue weighted by molar-refractivity contribution is -0.131. The van der Waals surface area contributed by atoms with E-state index < -0.39 is 0 Å². The van der Waals surface area contributed by atoms with Crippen molar-refractivity contribution in [2.24, 2.45) is 0 Å². The summed E-state index contributed by atoms with van der Waals surface area (Å²) in [5, 5.41) is 10.7. The van der Waals surface area contributed by atoms with E-state index in [0.29, 0.717) is 6.42 Å². The molecule has 128 valence electrons. The molecule has 1 aliphatic heterocycles. The van der Waals surface area contributed by atoms with Gasteiger partial charge < -0.3 is 14.5 Å². The van der Waals surface area contributed by atoms with Crippen LogP contribution < -0.4 is 4.90 Å². The Morgan fingerprint density at radius 2 is 1.96 bits per heavy atom. The van der Waals surface area contributed by atoms with Crippen LogP contribution in [0.3, 0.4) is 0 Å². The highest BCUT2D eigenvalue weighted by Crippen LogP contribution is 2.24. The Labute approximate surface area is 142 Å². The van der Waals surface area contributed by atoms with Gasteiger partial charge in [0.25, 0.3) is 0 Å². The number of benzene rings is 1. The minimum atomic E-state index is 0.245. The lowest BCUT2D eigenvalue weighted by atomic mass is 10.1. The molecule has 1 aromatic heterocycles. The molecular formula is C18H24N4O2. The molecule has 3 rings (SSSR count). The van der Waals surface area contributed by atoms with Gasteiger partial charge in [0.05, 0.1) is 6.20 Å². The Balaban J connectivity index is 1.57. The predicted molar refractivity (Wildman–Crippen MR) is 94.1 cm³/mol. The summed E-state index contributed by atoms with van der Waals surface area (Å²) in [5.74, 6) is 1.16. The number of hydrogen-bond donors (Lipinski definition) is 0. The number of fused-ring (bicyclic) bond motifs is 1. The maximum absolute atomic E-state index is 12.3. The van der Waals surface area contributed by atoms with Gasteiger partial charge in [0.15, 0.2) is 5.82 Å². The highest BCUT2D eigenvalue weighted by atomic mass is 16.5. The fourth-order valence-electron chi connectivity index (χ4n) is 3.09. The summed E-state index contributed by atoms with van der Waals surface area (Å²) >= 11 is 0. The van der Waals surface area contributed by atoms with Gasteiger partial charge in [0.2, 0.25) is 5.91 Å². The second kappa shape index (κ2) is 8.06. The van der Waals surface area contributed by atoms with Gasteiger partial charge in [-0.05, 0) is 12.8 Å². The first-order valence-electron chi connectivity index (χ1n) is 8.51. The quantitative estimate of drug-likeness (QED) is 0.760. The van der Waals surface area contributed by atoms with Crippen LogP contribution in [0.4, 0.5) is 5.82 Å². The molecule has 1 aliphatic rings. The van der Waals surface area contributed by atoms with E-state index in [1.165, 1.54) is 0 Å². The maximum atomic E-state index is 12.3. The lowest BCUT2D eigenvalue weighted by Gasteiger charge is -2.35. The molecule has 2 aromatic rings. The van der Waals surface area contributed by atoms with Crippen LogP contribution >= 0.6 is 0 Å². The van der Waals surface area contributed by atoms with E-state index in [9.17, 15) is 4.79 Å². The third-order valence-corrected chi connectivity index (χ3v) is 4.47. The van der Waals surface area contributed by atoms with E-state index in [-0.39, 0.29) is 5.91 Å². The average molecular weight is 328 g/mol. The van der Waals surface area contributed by atoms with Crippen molar-refractivity contribution in [1.29, 1.82) is 0 Å². The number of rotatable bonds is 6. The largest absolute Gasteiger partial charge is 0.385 e. The van der Waals surface area contributed by atoms with Gasteiger partial charge in [0, 0.05) is 57.1 Å². The van der Waals surface area contributed by atoms with E-state index in [0.717, 1.165) is 62.2 Å². The molecule has 2 heterocycles. The van der Waals surface area contributed by atoms with Crippen LogP contribution in [0.15, 0.2) is 30.5 Å². The number of unbranched alkanes of at least 4 members (excludes halogenated alkanes) is 1. The summed E-state index contributed by atoms with van der Waals surface area (Å²) in [6, 6.07) is 8.15. The Hall–Kier alpha value is -2.21. The normalized spacial score (nSPS) is 15.0. The van der Waals surface area contributed by atoms with Crippen molar-refractivity contribution in [3.8, 4) is 0 Å². The van der Waals surface area contributed by atoms with Crippen LogP contribution in [-0.4, -0.2) is 60.9 Å². The van der Waals surface area contributed by atoms with Gasteiger partial charge in [-0.1, -0.05) is 24.3 Å². The molecule has 0 radical (unpaired) electrons. The standard InChI is InChI=1S/C18H24N4O2/c1-24-13-5-4-8-17(23)21-9-11-22(12-10-21)18-16-7-3-2-6-15(16)14-19-20-18/h2-3,6-7,14H,4-5,8-13H2,1H3. The number of hydrogen-bond acceptors (Lipinski definition) is 5. The van der Waals surface area contributed by atoms with Gasteiger partial charge in [-0.3, -0.25) is 4.79 Å². The summed E-state index contributed by atoms with van der Waals surface area (Å²) in [7, 11) is 1.69. The Morgan fingerprint density at radius 3 is 2.75 bits per heavy atom. The highest BCUT2D eigenvalue weighted by Gasteiger charge is 2.22. The number of ether oxygens (including phenoxy) is 1. The molecule has 6 heteroatoms. The monoisotopic (exact) mass is 328 g/mol. The molecule has 6 nitrogen and oxygen atoms in total. The molecule has 1 amide bonds. The van der Waals surface area contributed by atoms with Crippen LogP contribution in [0.2, 0.25) is 0 Å². The Kier molecular flexibility index (Phi) is 5.59. The summed E-state index contributed by atoms with van der Waals surface area (Å²) in [4.78, 5) is 16.4. The summed E-state index contributed by atoms with van der Waals surface area (Å²) in [6.07, 6.45) is 4.23. The average Bonchev–Trinajstić information content (AvgIpc) is 2.65. The van der Waals surface area contributed by atoms with Crippen molar-refractivity contribution in [1.82, 2.24) is 15.1 Å². The van der Waals surface area contributed by atoms with Crippen molar-refractivity contribution in [3.05, 3.63) is 30.5 Å². The molecule has 1 aromatic carbocycles. The molecular weight excluding hydrogens is 304 g/mol. The third kappa shape index (κ3) is 3.82. The number of carbonyl (C=O) groups is 1. The number of nitrogens with zero attached hydrogens (tertiary/aromatic N) is 4. The summed E-state index contributed by atoms with van der Waals surface area (Å²) in [6.45, 7) is 3.81. The predicted octanol–water partition coefficient (Wildman–Crippen LogP) is 2.10. The fraction of sp³-hybridized carbons (Fsp3) is 0.500. The Morgan fingerprint density at radius 1 is 1.17 bits per heavy atom. The SMILES string of the molecule is COCCCCC(=O)N1CCN(c2nncc3ccccc23)CC1. The van der Waals surface area contributed by atoms with E-state index in [4.69, 9.17) is 4.74 Å². The number of amides is 1. The van der Waals surface area contributed by atoms with Gasteiger partial charge >= 0.3 is 0 Å².